The van der Waals surface area contributed by atoms with E-state index in [1.54, 1.807) is 7.11 Å². The first-order valence-electron chi connectivity index (χ1n) is 14.0. The Hall–Kier alpha value is -2.99. The molecular formula is C34H43NO3Si. The molecule has 0 saturated carbocycles. The van der Waals surface area contributed by atoms with Gasteiger partial charge in [-0.3, -0.25) is 0 Å². The average Bonchev–Trinajstić information content (AvgIpc) is 2.91. The summed E-state index contributed by atoms with van der Waals surface area (Å²) >= 11 is 0. The number of benzene rings is 3. The van der Waals surface area contributed by atoms with Crippen molar-refractivity contribution in [2.45, 2.75) is 77.8 Å². The number of aromatic nitrogens is 1. The van der Waals surface area contributed by atoms with E-state index in [9.17, 15) is 5.11 Å². The summed E-state index contributed by atoms with van der Waals surface area (Å²) in [6.07, 6.45) is -0.717. The van der Waals surface area contributed by atoms with Crippen LogP contribution in [0.2, 0.25) is 16.6 Å². The molecule has 0 aliphatic heterocycles. The van der Waals surface area contributed by atoms with E-state index in [2.05, 4.69) is 71.9 Å². The van der Waals surface area contributed by atoms with Crippen LogP contribution < -0.4 is 4.74 Å². The molecule has 39 heavy (non-hydrogen) atoms. The molecule has 206 valence electrons. The summed E-state index contributed by atoms with van der Waals surface area (Å²) in [5.74, 6) is 0.567. The molecule has 1 atom stereocenters. The van der Waals surface area contributed by atoms with Gasteiger partial charge in [0.1, 0.15) is 6.10 Å². The first-order chi connectivity index (χ1) is 18.6. The molecule has 1 aromatic heterocycles. The van der Waals surface area contributed by atoms with Crippen LogP contribution >= 0.6 is 0 Å². The van der Waals surface area contributed by atoms with E-state index < -0.39 is 14.4 Å². The Bertz CT molecular complexity index is 1410. The van der Waals surface area contributed by atoms with Gasteiger partial charge < -0.3 is 14.3 Å². The summed E-state index contributed by atoms with van der Waals surface area (Å²) in [6, 6.07) is 24.6. The normalized spacial score (nSPS) is 13.0. The van der Waals surface area contributed by atoms with Gasteiger partial charge in [0.05, 0.1) is 19.2 Å². The van der Waals surface area contributed by atoms with Crippen molar-refractivity contribution in [1.29, 1.82) is 0 Å². The van der Waals surface area contributed by atoms with Gasteiger partial charge in [0.2, 0.25) is 14.2 Å². The lowest BCUT2D eigenvalue weighted by Gasteiger charge is -2.42. The van der Waals surface area contributed by atoms with Gasteiger partial charge in [-0.2, -0.15) is 0 Å². The average molecular weight is 542 g/mol. The Balaban J connectivity index is 1.75. The fourth-order valence-electron chi connectivity index (χ4n) is 6.30. The Kier molecular flexibility index (Phi) is 8.95. The minimum Gasteiger partial charge on any atom is -0.481 e. The maximum Gasteiger partial charge on any atom is 0.214 e. The van der Waals surface area contributed by atoms with E-state index in [0.29, 0.717) is 29.1 Å². The highest BCUT2D eigenvalue weighted by molar-refractivity contribution is 6.77. The van der Waals surface area contributed by atoms with Crippen LogP contribution in [-0.4, -0.2) is 25.5 Å². The van der Waals surface area contributed by atoms with Crippen LogP contribution in [-0.2, 0) is 11.0 Å². The van der Waals surface area contributed by atoms with E-state index in [-0.39, 0.29) is 0 Å². The number of hydrogen-bond donors (Lipinski definition) is 1. The quantitative estimate of drug-likeness (QED) is 0.204. The summed E-state index contributed by atoms with van der Waals surface area (Å²) in [6.45, 7) is 16.6. The van der Waals surface area contributed by atoms with Crippen LogP contribution in [0.5, 0.6) is 5.88 Å². The standard InChI is InChI=1S/C34H43NO3Si/c1-22(2)39(23(3)4,24(5)6)38-21-26-12-10-13-27(18-26)30-20-33(37-8)35-32-16-15-29(19-31(30)32)34(36)28-14-9-11-25(7)17-28/h9-20,22-24,34,36H,21H2,1-8H3. The molecule has 0 fully saturated rings. The van der Waals surface area contributed by atoms with Crippen molar-refractivity contribution in [2.24, 2.45) is 0 Å². The molecule has 1 N–H and O–H groups in total. The zero-order valence-corrected chi connectivity index (χ0v) is 25.7. The van der Waals surface area contributed by atoms with Gasteiger partial charge in [-0.25, -0.2) is 4.98 Å². The van der Waals surface area contributed by atoms with Crippen molar-refractivity contribution in [3.8, 4) is 17.0 Å². The summed E-state index contributed by atoms with van der Waals surface area (Å²) in [4.78, 5) is 4.69. The molecular weight excluding hydrogens is 498 g/mol. The van der Waals surface area contributed by atoms with Crippen molar-refractivity contribution >= 4 is 19.2 Å². The molecule has 0 saturated heterocycles. The fraction of sp³-hybridized carbons (Fsp3) is 0.382. The van der Waals surface area contributed by atoms with Crippen LogP contribution in [0.15, 0.2) is 72.8 Å². The lowest BCUT2D eigenvalue weighted by atomic mass is 9.95. The second-order valence-corrected chi connectivity index (χ2v) is 17.1. The number of aryl methyl sites for hydroxylation is 1. The maximum atomic E-state index is 11.2. The van der Waals surface area contributed by atoms with Crippen molar-refractivity contribution in [1.82, 2.24) is 4.98 Å². The third-order valence-corrected chi connectivity index (χ3v) is 14.2. The van der Waals surface area contributed by atoms with E-state index >= 15 is 0 Å². The molecule has 4 rings (SSSR count). The Morgan fingerprint density at radius 1 is 0.795 bits per heavy atom. The summed E-state index contributed by atoms with van der Waals surface area (Å²) in [5, 5.41) is 12.2. The summed E-state index contributed by atoms with van der Waals surface area (Å²) in [5.41, 5.74) is 8.53. The molecule has 4 aromatic rings. The van der Waals surface area contributed by atoms with E-state index in [1.807, 2.05) is 49.4 Å². The molecule has 0 aliphatic rings. The third kappa shape index (κ3) is 5.96. The zero-order valence-electron chi connectivity index (χ0n) is 24.7. The van der Waals surface area contributed by atoms with Crippen molar-refractivity contribution in [3.05, 3.63) is 95.1 Å². The predicted octanol–water partition coefficient (Wildman–Crippen LogP) is 8.99. The number of nitrogens with zero attached hydrogens (tertiary/aromatic N) is 1. The third-order valence-electron chi connectivity index (χ3n) is 8.13. The Morgan fingerprint density at radius 2 is 1.46 bits per heavy atom. The van der Waals surface area contributed by atoms with Crippen molar-refractivity contribution in [2.75, 3.05) is 7.11 Å². The fourth-order valence-corrected chi connectivity index (χ4v) is 11.7. The number of methoxy groups -OCH3 is 1. The number of fused-ring (bicyclic) bond motifs is 1. The molecule has 3 aromatic carbocycles. The van der Waals surface area contributed by atoms with Crippen LogP contribution in [0, 0.1) is 6.92 Å². The van der Waals surface area contributed by atoms with Gasteiger partial charge in [-0.05, 0) is 69.6 Å². The van der Waals surface area contributed by atoms with Crippen LogP contribution in [0.4, 0.5) is 0 Å². The first kappa shape index (κ1) is 29.0. The molecule has 0 amide bonds. The van der Waals surface area contributed by atoms with Gasteiger partial charge in [0.25, 0.3) is 0 Å². The van der Waals surface area contributed by atoms with Crippen molar-refractivity contribution < 1.29 is 14.3 Å². The van der Waals surface area contributed by atoms with Crippen LogP contribution in [0.3, 0.4) is 0 Å². The van der Waals surface area contributed by atoms with E-state index in [1.165, 1.54) is 0 Å². The molecule has 5 heteroatoms. The first-order valence-corrected chi connectivity index (χ1v) is 16.2. The van der Waals surface area contributed by atoms with Crippen LogP contribution in [0.25, 0.3) is 22.0 Å². The minimum absolute atomic E-state index is 0.535. The van der Waals surface area contributed by atoms with Gasteiger partial charge >= 0.3 is 0 Å². The molecule has 1 unspecified atom stereocenters. The molecule has 0 bridgehead atoms. The monoisotopic (exact) mass is 541 g/mol. The molecule has 0 aliphatic carbocycles. The predicted molar refractivity (Wildman–Crippen MR) is 165 cm³/mol. The minimum atomic E-state index is -1.98. The number of ether oxygens (including phenoxy) is 1. The van der Waals surface area contributed by atoms with E-state index in [4.69, 9.17) is 14.1 Å². The molecule has 1 heterocycles. The van der Waals surface area contributed by atoms with Gasteiger partial charge in [0, 0.05) is 11.5 Å². The lowest BCUT2D eigenvalue weighted by Crippen LogP contribution is -2.47. The lowest BCUT2D eigenvalue weighted by molar-refractivity contribution is 0.220. The second-order valence-electron chi connectivity index (χ2n) is 11.6. The van der Waals surface area contributed by atoms with Gasteiger partial charge in [-0.1, -0.05) is 95.6 Å². The van der Waals surface area contributed by atoms with Crippen LogP contribution in [0.1, 0.15) is 69.9 Å². The molecule has 0 spiro atoms. The van der Waals surface area contributed by atoms with Gasteiger partial charge in [0.15, 0.2) is 0 Å². The van der Waals surface area contributed by atoms with E-state index in [0.717, 1.165) is 44.3 Å². The van der Waals surface area contributed by atoms with Crippen molar-refractivity contribution in [3.63, 3.8) is 0 Å². The molecule has 4 nitrogen and oxygen atoms in total. The SMILES string of the molecule is COc1cc(-c2cccc(CO[Si](C(C)C)(C(C)C)C(C)C)c2)c2cc(C(O)c3cccc(C)c3)ccc2n1. The molecule has 0 radical (unpaired) electrons. The highest BCUT2D eigenvalue weighted by Crippen LogP contribution is 2.43. The Labute approximate surface area is 235 Å². The number of pyridine rings is 1. The Morgan fingerprint density at radius 3 is 2.10 bits per heavy atom. The summed E-state index contributed by atoms with van der Waals surface area (Å²) < 4.78 is 12.5. The smallest absolute Gasteiger partial charge is 0.214 e. The van der Waals surface area contributed by atoms with Gasteiger partial charge in [-0.15, -0.1) is 0 Å². The highest BCUT2D eigenvalue weighted by atomic mass is 28.4. The number of aliphatic hydroxyl groups is 1. The summed E-state index contributed by atoms with van der Waals surface area (Å²) in [7, 11) is -0.335. The second kappa shape index (κ2) is 12.0. The number of hydrogen-bond acceptors (Lipinski definition) is 4. The zero-order chi connectivity index (χ0) is 28.3. The largest absolute Gasteiger partial charge is 0.481 e. The maximum absolute atomic E-state index is 11.2. The highest BCUT2D eigenvalue weighted by Gasteiger charge is 2.44. The number of aliphatic hydroxyl groups excluding tert-OH is 1. The number of rotatable bonds is 10. The topological polar surface area (TPSA) is 51.6 Å².